The Kier molecular flexibility index (Phi) is 6.00. The second-order valence-corrected chi connectivity index (χ2v) is 5.91. The molecule has 0 unspecified atom stereocenters. The standard InChI is InChI=1S/C16H28O4/c1-3-5-6-7-15-14(17)9-8-13(20-15)12-16(4-2)18-10-11-19-16/h13,15H,3-12H2,1-2H3/t13-,15-/m1/s1. The summed E-state index contributed by atoms with van der Waals surface area (Å²) in [5.41, 5.74) is 0. The minimum atomic E-state index is -0.473. The Labute approximate surface area is 122 Å². The number of Topliss-reactive ketones (excluding diaryl/α,β-unsaturated/α-hetero) is 1. The molecule has 4 nitrogen and oxygen atoms in total. The van der Waals surface area contributed by atoms with Crippen molar-refractivity contribution in [2.45, 2.75) is 83.2 Å². The lowest BCUT2D eigenvalue weighted by atomic mass is 9.94. The minimum absolute atomic E-state index is 0.0948. The molecule has 0 aromatic heterocycles. The van der Waals surface area contributed by atoms with E-state index in [9.17, 15) is 4.79 Å². The van der Waals surface area contributed by atoms with Crippen LogP contribution in [-0.2, 0) is 19.0 Å². The largest absolute Gasteiger partial charge is 0.367 e. The van der Waals surface area contributed by atoms with Gasteiger partial charge in [0.2, 0.25) is 0 Å². The van der Waals surface area contributed by atoms with Gasteiger partial charge in [-0.2, -0.15) is 0 Å². The van der Waals surface area contributed by atoms with Gasteiger partial charge in [0.1, 0.15) is 6.10 Å². The van der Waals surface area contributed by atoms with Crippen molar-refractivity contribution in [1.82, 2.24) is 0 Å². The Balaban J connectivity index is 1.84. The van der Waals surface area contributed by atoms with Crippen LogP contribution in [0.1, 0.15) is 65.2 Å². The zero-order valence-electron chi connectivity index (χ0n) is 12.9. The number of ether oxygens (including phenoxy) is 3. The second-order valence-electron chi connectivity index (χ2n) is 5.91. The maximum absolute atomic E-state index is 11.9. The van der Waals surface area contributed by atoms with Gasteiger partial charge in [0.15, 0.2) is 11.6 Å². The van der Waals surface area contributed by atoms with E-state index in [1.807, 2.05) is 0 Å². The molecule has 2 heterocycles. The van der Waals surface area contributed by atoms with E-state index < -0.39 is 5.79 Å². The molecule has 0 aliphatic carbocycles. The predicted molar refractivity (Wildman–Crippen MR) is 76.6 cm³/mol. The summed E-state index contributed by atoms with van der Waals surface area (Å²) in [6, 6.07) is 0. The second kappa shape index (κ2) is 7.53. The van der Waals surface area contributed by atoms with E-state index in [1.165, 1.54) is 12.8 Å². The monoisotopic (exact) mass is 284 g/mol. The Morgan fingerprint density at radius 3 is 2.60 bits per heavy atom. The average Bonchev–Trinajstić information content (AvgIpc) is 2.92. The van der Waals surface area contributed by atoms with Crippen molar-refractivity contribution in [2.75, 3.05) is 13.2 Å². The van der Waals surface area contributed by atoms with Gasteiger partial charge in [-0.15, -0.1) is 0 Å². The molecule has 0 amide bonds. The maximum atomic E-state index is 11.9. The van der Waals surface area contributed by atoms with Gasteiger partial charge in [-0.05, 0) is 19.3 Å². The zero-order chi connectivity index (χ0) is 14.4. The topological polar surface area (TPSA) is 44.8 Å². The fraction of sp³-hybridized carbons (Fsp3) is 0.938. The van der Waals surface area contributed by atoms with Gasteiger partial charge in [0.05, 0.1) is 19.3 Å². The zero-order valence-corrected chi connectivity index (χ0v) is 12.9. The molecule has 4 heteroatoms. The molecule has 2 saturated heterocycles. The van der Waals surface area contributed by atoms with Gasteiger partial charge in [-0.1, -0.05) is 33.1 Å². The van der Waals surface area contributed by atoms with E-state index in [0.717, 1.165) is 32.1 Å². The highest BCUT2D eigenvalue weighted by Crippen LogP contribution is 2.33. The van der Waals surface area contributed by atoms with Gasteiger partial charge < -0.3 is 14.2 Å². The van der Waals surface area contributed by atoms with Crippen LogP contribution in [0.15, 0.2) is 0 Å². The molecule has 0 aromatic carbocycles. The SMILES string of the molecule is CCCCC[C@H]1O[C@@H](CC2(CC)OCCO2)CCC1=O. The van der Waals surface area contributed by atoms with Crippen molar-refractivity contribution in [1.29, 1.82) is 0 Å². The average molecular weight is 284 g/mol. The first kappa shape index (κ1) is 15.9. The molecule has 2 atom stereocenters. The van der Waals surface area contributed by atoms with E-state index in [4.69, 9.17) is 14.2 Å². The van der Waals surface area contributed by atoms with Crippen LogP contribution in [0, 0.1) is 0 Å². The molecular weight excluding hydrogens is 256 g/mol. The predicted octanol–water partition coefficient (Wildman–Crippen LogP) is 3.23. The van der Waals surface area contributed by atoms with E-state index in [1.54, 1.807) is 0 Å². The van der Waals surface area contributed by atoms with Crippen molar-refractivity contribution < 1.29 is 19.0 Å². The number of hydrogen-bond donors (Lipinski definition) is 0. The number of ketones is 1. The summed E-state index contributed by atoms with van der Waals surface area (Å²) < 4.78 is 17.6. The molecule has 0 N–H and O–H groups in total. The quantitative estimate of drug-likeness (QED) is 0.673. The fourth-order valence-electron chi connectivity index (χ4n) is 3.11. The summed E-state index contributed by atoms with van der Waals surface area (Å²) in [7, 11) is 0. The highest BCUT2D eigenvalue weighted by Gasteiger charge is 2.40. The van der Waals surface area contributed by atoms with Gasteiger partial charge in [0.25, 0.3) is 0 Å². The van der Waals surface area contributed by atoms with Crippen LogP contribution < -0.4 is 0 Å². The van der Waals surface area contributed by atoms with Crippen LogP contribution in [0.3, 0.4) is 0 Å². The first-order valence-electron chi connectivity index (χ1n) is 8.15. The molecule has 0 aromatic rings. The number of unbranched alkanes of at least 4 members (excludes halogenated alkanes) is 2. The van der Waals surface area contributed by atoms with Crippen molar-refractivity contribution in [3.8, 4) is 0 Å². The van der Waals surface area contributed by atoms with Crippen LogP contribution >= 0.6 is 0 Å². The van der Waals surface area contributed by atoms with Crippen LogP contribution in [0.25, 0.3) is 0 Å². The number of hydrogen-bond acceptors (Lipinski definition) is 4. The molecule has 20 heavy (non-hydrogen) atoms. The molecular formula is C16H28O4. The van der Waals surface area contributed by atoms with Crippen LogP contribution in [0.4, 0.5) is 0 Å². The Morgan fingerprint density at radius 1 is 1.20 bits per heavy atom. The summed E-state index contributed by atoms with van der Waals surface area (Å²) in [4.78, 5) is 11.9. The fourth-order valence-corrected chi connectivity index (χ4v) is 3.11. The molecule has 0 bridgehead atoms. The van der Waals surface area contributed by atoms with Gasteiger partial charge in [-0.25, -0.2) is 0 Å². The highest BCUT2D eigenvalue weighted by atomic mass is 16.7. The Hall–Kier alpha value is -0.450. The van der Waals surface area contributed by atoms with Gasteiger partial charge in [-0.3, -0.25) is 4.79 Å². The molecule has 2 aliphatic rings. The van der Waals surface area contributed by atoms with Crippen molar-refractivity contribution >= 4 is 5.78 Å². The third kappa shape index (κ3) is 4.03. The van der Waals surface area contributed by atoms with Crippen molar-refractivity contribution in [2.24, 2.45) is 0 Å². The van der Waals surface area contributed by atoms with E-state index in [2.05, 4.69) is 13.8 Å². The Morgan fingerprint density at radius 2 is 1.95 bits per heavy atom. The summed E-state index contributed by atoms with van der Waals surface area (Å²) in [5, 5.41) is 0. The summed E-state index contributed by atoms with van der Waals surface area (Å²) in [6.07, 6.45) is 7.21. The summed E-state index contributed by atoms with van der Waals surface area (Å²) in [6.45, 7) is 5.59. The highest BCUT2D eigenvalue weighted by molar-refractivity contribution is 5.83. The summed E-state index contributed by atoms with van der Waals surface area (Å²) in [5.74, 6) is -0.199. The third-order valence-corrected chi connectivity index (χ3v) is 4.39. The molecule has 2 rings (SSSR count). The normalized spacial score (nSPS) is 29.8. The molecule has 2 aliphatic heterocycles. The van der Waals surface area contributed by atoms with Gasteiger partial charge in [0, 0.05) is 12.8 Å². The molecule has 0 spiro atoms. The van der Waals surface area contributed by atoms with Crippen LogP contribution in [0.5, 0.6) is 0 Å². The minimum Gasteiger partial charge on any atom is -0.367 e. The van der Waals surface area contributed by atoms with Gasteiger partial charge >= 0.3 is 0 Å². The smallest absolute Gasteiger partial charge is 0.170 e. The third-order valence-electron chi connectivity index (χ3n) is 4.39. The number of carbonyl (C=O) groups is 1. The first-order valence-corrected chi connectivity index (χ1v) is 8.15. The van der Waals surface area contributed by atoms with Crippen molar-refractivity contribution in [3.05, 3.63) is 0 Å². The van der Waals surface area contributed by atoms with Crippen LogP contribution in [0.2, 0.25) is 0 Å². The lowest BCUT2D eigenvalue weighted by Gasteiger charge is -2.35. The first-order chi connectivity index (χ1) is 9.69. The van der Waals surface area contributed by atoms with E-state index in [0.29, 0.717) is 19.6 Å². The lowest BCUT2D eigenvalue weighted by Crippen LogP contribution is -2.41. The van der Waals surface area contributed by atoms with E-state index >= 15 is 0 Å². The Bertz CT molecular complexity index is 310. The molecule has 2 fully saturated rings. The summed E-state index contributed by atoms with van der Waals surface area (Å²) >= 11 is 0. The molecule has 0 saturated carbocycles. The van der Waals surface area contributed by atoms with Crippen molar-refractivity contribution in [3.63, 3.8) is 0 Å². The number of rotatable bonds is 7. The lowest BCUT2D eigenvalue weighted by molar-refractivity contribution is -0.195. The number of carbonyl (C=O) groups excluding carboxylic acids is 1. The maximum Gasteiger partial charge on any atom is 0.170 e. The molecule has 116 valence electrons. The van der Waals surface area contributed by atoms with Crippen LogP contribution in [-0.4, -0.2) is 37.0 Å². The molecule has 0 radical (unpaired) electrons. The van der Waals surface area contributed by atoms with E-state index in [-0.39, 0.29) is 18.0 Å².